The van der Waals surface area contributed by atoms with Crippen molar-refractivity contribution in [2.45, 2.75) is 6.92 Å². The largest absolute Gasteiger partial charge is 0.379 e. The third kappa shape index (κ3) is 2.40. The minimum absolute atomic E-state index is 0.775. The van der Waals surface area contributed by atoms with Crippen molar-refractivity contribution in [3.05, 3.63) is 18.1 Å². The zero-order valence-electron chi connectivity index (χ0n) is 8.23. The molecule has 1 aliphatic heterocycles. The molecule has 1 N–H and O–H groups in total. The number of aromatic nitrogens is 2. The summed E-state index contributed by atoms with van der Waals surface area (Å²) in [5.74, 6) is 0.847. The smallest absolute Gasteiger partial charge is 0.143 e. The van der Waals surface area contributed by atoms with Crippen LogP contribution in [0.25, 0.3) is 0 Å². The fourth-order valence-corrected chi connectivity index (χ4v) is 1.35. The predicted octanol–water partition coefficient (Wildman–Crippen LogP) is 0.444. The highest BCUT2D eigenvalue weighted by Crippen LogP contribution is 2.05. The summed E-state index contributed by atoms with van der Waals surface area (Å²) >= 11 is 0. The first-order valence-corrected chi connectivity index (χ1v) is 4.72. The molecule has 0 amide bonds. The van der Waals surface area contributed by atoms with Gasteiger partial charge in [0.15, 0.2) is 0 Å². The van der Waals surface area contributed by atoms with E-state index in [2.05, 4.69) is 20.4 Å². The Labute approximate surface area is 83.1 Å². The van der Waals surface area contributed by atoms with Crippen LogP contribution in [-0.2, 0) is 4.74 Å². The second kappa shape index (κ2) is 4.34. The molecule has 1 fully saturated rings. The molecule has 5 nitrogen and oxygen atoms in total. The average molecular weight is 194 g/mol. The predicted molar refractivity (Wildman–Crippen MR) is 52.8 cm³/mol. The summed E-state index contributed by atoms with van der Waals surface area (Å²) in [5.41, 5.74) is 4.19. The number of nitrogens with zero attached hydrogens (tertiary/aromatic N) is 3. The molecule has 1 aromatic heterocycles. The van der Waals surface area contributed by atoms with Gasteiger partial charge in [-0.1, -0.05) is 0 Å². The molecule has 2 heterocycles. The lowest BCUT2D eigenvalue weighted by atomic mass is 10.4. The SMILES string of the molecule is Cc1cc(NN2CCOCC2)ncn1. The molecule has 1 aliphatic rings. The fourth-order valence-electron chi connectivity index (χ4n) is 1.35. The second-order valence-electron chi connectivity index (χ2n) is 3.26. The maximum absolute atomic E-state index is 5.25. The monoisotopic (exact) mass is 194 g/mol. The van der Waals surface area contributed by atoms with Crippen molar-refractivity contribution in [2.24, 2.45) is 0 Å². The quantitative estimate of drug-likeness (QED) is 0.740. The number of hydrogen-bond acceptors (Lipinski definition) is 5. The van der Waals surface area contributed by atoms with Gasteiger partial charge in [0, 0.05) is 24.8 Å². The van der Waals surface area contributed by atoms with Crippen LogP contribution in [0, 0.1) is 6.92 Å². The van der Waals surface area contributed by atoms with Crippen LogP contribution in [0.3, 0.4) is 0 Å². The van der Waals surface area contributed by atoms with Gasteiger partial charge >= 0.3 is 0 Å². The van der Waals surface area contributed by atoms with Gasteiger partial charge in [-0.05, 0) is 6.92 Å². The van der Waals surface area contributed by atoms with E-state index in [-0.39, 0.29) is 0 Å². The van der Waals surface area contributed by atoms with E-state index in [1.165, 1.54) is 0 Å². The van der Waals surface area contributed by atoms with Gasteiger partial charge < -0.3 is 10.2 Å². The molecule has 0 saturated carbocycles. The Morgan fingerprint density at radius 3 is 2.86 bits per heavy atom. The average Bonchev–Trinajstić information content (AvgIpc) is 2.19. The Morgan fingerprint density at radius 2 is 2.14 bits per heavy atom. The van der Waals surface area contributed by atoms with Crippen molar-refractivity contribution in [2.75, 3.05) is 31.7 Å². The molecule has 0 radical (unpaired) electrons. The van der Waals surface area contributed by atoms with Crippen molar-refractivity contribution in [1.29, 1.82) is 0 Å². The number of anilines is 1. The lowest BCUT2D eigenvalue weighted by Crippen LogP contribution is -2.40. The normalized spacial score (nSPS) is 18.1. The van der Waals surface area contributed by atoms with Gasteiger partial charge in [0.2, 0.25) is 0 Å². The molecule has 0 spiro atoms. The molecule has 14 heavy (non-hydrogen) atoms. The van der Waals surface area contributed by atoms with E-state index < -0.39 is 0 Å². The first-order chi connectivity index (χ1) is 6.84. The number of morpholine rings is 1. The Balaban J connectivity index is 1.95. The maximum atomic E-state index is 5.25. The van der Waals surface area contributed by atoms with Crippen LogP contribution < -0.4 is 5.43 Å². The van der Waals surface area contributed by atoms with E-state index in [0.717, 1.165) is 37.8 Å². The Hall–Kier alpha value is -1.20. The number of nitrogens with one attached hydrogen (secondary N) is 1. The van der Waals surface area contributed by atoms with Gasteiger partial charge in [-0.15, -0.1) is 0 Å². The zero-order chi connectivity index (χ0) is 9.80. The van der Waals surface area contributed by atoms with E-state index >= 15 is 0 Å². The van der Waals surface area contributed by atoms with Gasteiger partial charge in [-0.3, -0.25) is 0 Å². The zero-order valence-corrected chi connectivity index (χ0v) is 8.23. The van der Waals surface area contributed by atoms with Gasteiger partial charge in [-0.2, -0.15) is 0 Å². The summed E-state index contributed by atoms with van der Waals surface area (Å²) in [4.78, 5) is 8.17. The third-order valence-electron chi connectivity index (χ3n) is 2.09. The fraction of sp³-hybridized carbons (Fsp3) is 0.556. The highest BCUT2D eigenvalue weighted by atomic mass is 16.5. The summed E-state index contributed by atoms with van der Waals surface area (Å²) in [7, 11) is 0. The second-order valence-corrected chi connectivity index (χ2v) is 3.26. The summed E-state index contributed by atoms with van der Waals surface area (Å²) in [6.45, 7) is 5.28. The Kier molecular flexibility index (Phi) is 2.90. The van der Waals surface area contributed by atoms with Crippen LogP contribution in [0.4, 0.5) is 5.82 Å². The van der Waals surface area contributed by atoms with Crippen LogP contribution in [0.15, 0.2) is 12.4 Å². The van der Waals surface area contributed by atoms with Crippen molar-refractivity contribution >= 4 is 5.82 Å². The van der Waals surface area contributed by atoms with Gasteiger partial charge in [0.05, 0.1) is 13.2 Å². The molecule has 76 valence electrons. The minimum Gasteiger partial charge on any atom is -0.379 e. The molecular weight excluding hydrogens is 180 g/mol. The number of hydrogen-bond donors (Lipinski definition) is 1. The molecule has 0 unspecified atom stereocenters. The lowest BCUT2D eigenvalue weighted by molar-refractivity contribution is 0.0495. The minimum atomic E-state index is 0.775. The summed E-state index contributed by atoms with van der Waals surface area (Å²) in [6, 6.07) is 1.93. The number of aryl methyl sites for hydroxylation is 1. The Bertz CT molecular complexity index is 299. The van der Waals surface area contributed by atoms with Crippen molar-refractivity contribution in [3.8, 4) is 0 Å². The summed E-state index contributed by atoms with van der Waals surface area (Å²) < 4.78 is 5.25. The number of rotatable bonds is 2. The summed E-state index contributed by atoms with van der Waals surface area (Å²) in [5, 5.41) is 2.10. The van der Waals surface area contributed by atoms with Crippen LogP contribution in [0.5, 0.6) is 0 Å². The van der Waals surface area contributed by atoms with E-state index in [1.54, 1.807) is 6.33 Å². The van der Waals surface area contributed by atoms with E-state index in [4.69, 9.17) is 4.74 Å². The standard InChI is InChI=1S/C9H14N4O/c1-8-6-9(11-7-10-8)12-13-2-4-14-5-3-13/h6-7H,2-5H2,1H3,(H,10,11,12). The number of hydrazine groups is 1. The first kappa shape index (κ1) is 9.36. The van der Waals surface area contributed by atoms with Crippen LogP contribution in [0.2, 0.25) is 0 Å². The van der Waals surface area contributed by atoms with Crippen LogP contribution in [0.1, 0.15) is 5.69 Å². The molecule has 5 heteroatoms. The van der Waals surface area contributed by atoms with Gasteiger partial charge in [0.25, 0.3) is 0 Å². The maximum Gasteiger partial charge on any atom is 0.143 e. The van der Waals surface area contributed by atoms with E-state index in [9.17, 15) is 0 Å². The van der Waals surface area contributed by atoms with Crippen molar-refractivity contribution in [1.82, 2.24) is 15.0 Å². The van der Waals surface area contributed by atoms with Gasteiger partial charge in [0.1, 0.15) is 12.1 Å². The molecule has 0 aliphatic carbocycles. The molecule has 1 saturated heterocycles. The topological polar surface area (TPSA) is 50.3 Å². The highest BCUT2D eigenvalue weighted by molar-refractivity contribution is 5.33. The highest BCUT2D eigenvalue weighted by Gasteiger charge is 2.09. The van der Waals surface area contributed by atoms with Crippen molar-refractivity contribution < 1.29 is 4.74 Å². The number of ether oxygens (including phenoxy) is 1. The van der Waals surface area contributed by atoms with Crippen molar-refractivity contribution in [3.63, 3.8) is 0 Å². The molecule has 0 aromatic carbocycles. The molecule has 0 atom stereocenters. The lowest BCUT2D eigenvalue weighted by Gasteiger charge is -2.27. The third-order valence-corrected chi connectivity index (χ3v) is 2.09. The molecule has 1 aromatic rings. The molecule has 0 bridgehead atoms. The van der Waals surface area contributed by atoms with Crippen LogP contribution >= 0.6 is 0 Å². The first-order valence-electron chi connectivity index (χ1n) is 4.72. The summed E-state index contributed by atoms with van der Waals surface area (Å²) in [6.07, 6.45) is 1.57. The molecule has 2 rings (SSSR count). The van der Waals surface area contributed by atoms with Gasteiger partial charge in [-0.25, -0.2) is 15.0 Å². The Morgan fingerprint density at radius 1 is 1.36 bits per heavy atom. The van der Waals surface area contributed by atoms with E-state index in [0.29, 0.717) is 0 Å². The van der Waals surface area contributed by atoms with E-state index in [1.807, 2.05) is 13.0 Å². The molecular formula is C9H14N4O. The van der Waals surface area contributed by atoms with Crippen LogP contribution in [-0.4, -0.2) is 41.3 Å².